The summed E-state index contributed by atoms with van der Waals surface area (Å²) in [5.41, 5.74) is 0.252. The maximum Gasteiger partial charge on any atom is 0.431 e. The first-order chi connectivity index (χ1) is 12.0. The summed E-state index contributed by atoms with van der Waals surface area (Å²) in [6.45, 7) is 12.0. The Morgan fingerprint density at radius 2 is 1.81 bits per heavy atom. The Bertz CT molecular complexity index is 690. The molecule has 0 saturated heterocycles. The lowest BCUT2D eigenvalue weighted by Gasteiger charge is -2.25. The summed E-state index contributed by atoms with van der Waals surface area (Å²) in [6, 6.07) is 8.64. The van der Waals surface area contributed by atoms with Crippen LogP contribution in [0.4, 0.5) is 4.79 Å². The van der Waals surface area contributed by atoms with Crippen LogP contribution in [0.5, 0.6) is 0 Å². The number of amides is 1. The summed E-state index contributed by atoms with van der Waals surface area (Å²) in [5, 5.41) is 6.51. The van der Waals surface area contributed by atoms with E-state index >= 15 is 0 Å². The summed E-state index contributed by atoms with van der Waals surface area (Å²) in [4.78, 5) is 25.2. The Labute approximate surface area is 156 Å². The summed E-state index contributed by atoms with van der Waals surface area (Å²) < 4.78 is 10.9. The van der Waals surface area contributed by atoms with Gasteiger partial charge >= 0.3 is 12.1 Å². The molecule has 26 heavy (non-hydrogen) atoms. The summed E-state index contributed by atoms with van der Waals surface area (Å²) in [5.74, 6) is -0.453. The van der Waals surface area contributed by atoms with E-state index in [1.807, 2.05) is 30.3 Å². The highest BCUT2D eigenvalue weighted by molar-refractivity contribution is 7.04. The van der Waals surface area contributed by atoms with Crippen molar-refractivity contribution in [2.45, 2.75) is 65.1 Å². The third-order valence-corrected chi connectivity index (χ3v) is 5.88. The average Bonchev–Trinajstić information content (AvgIpc) is 2.98. The monoisotopic (exact) mass is 376 g/mol. The highest BCUT2D eigenvalue weighted by Gasteiger charge is 2.43. The zero-order valence-corrected chi connectivity index (χ0v) is 17.4. The van der Waals surface area contributed by atoms with E-state index in [1.54, 1.807) is 20.8 Å². The number of benzene rings is 1. The molecular formula is C19H28N2O4Si. The van der Waals surface area contributed by atoms with Crippen molar-refractivity contribution in [3.05, 3.63) is 35.9 Å². The molecule has 1 aliphatic rings. The molecule has 0 fully saturated rings. The maximum atomic E-state index is 12.6. The van der Waals surface area contributed by atoms with E-state index in [-0.39, 0.29) is 6.61 Å². The van der Waals surface area contributed by atoms with Crippen molar-refractivity contribution in [2.75, 3.05) is 0 Å². The van der Waals surface area contributed by atoms with Gasteiger partial charge in [-0.15, -0.1) is 0 Å². The van der Waals surface area contributed by atoms with E-state index in [4.69, 9.17) is 9.47 Å². The highest BCUT2D eigenvalue weighted by Crippen LogP contribution is 2.25. The lowest BCUT2D eigenvalue weighted by atomic mass is 10.1. The highest BCUT2D eigenvalue weighted by atomic mass is 28.3. The van der Waals surface area contributed by atoms with Crippen molar-refractivity contribution in [3.8, 4) is 0 Å². The van der Waals surface area contributed by atoms with Crippen LogP contribution in [-0.2, 0) is 20.9 Å². The fourth-order valence-corrected chi connectivity index (χ4v) is 3.69. The van der Waals surface area contributed by atoms with Crippen LogP contribution in [0.1, 0.15) is 32.8 Å². The van der Waals surface area contributed by atoms with Crippen molar-refractivity contribution < 1.29 is 19.1 Å². The number of esters is 1. The molecule has 0 N–H and O–H groups in total. The predicted octanol–water partition coefficient (Wildman–Crippen LogP) is 3.97. The number of carbonyl (C=O) groups is 2. The molecule has 7 heteroatoms. The largest absolute Gasteiger partial charge is 0.458 e. The van der Waals surface area contributed by atoms with Gasteiger partial charge < -0.3 is 9.47 Å². The van der Waals surface area contributed by atoms with Gasteiger partial charge in [0.05, 0.1) is 8.07 Å². The number of hydrogen-bond acceptors (Lipinski definition) is 5. The molecule has 0 aromatic heterocycles. The van der Waals surface area contributed by atoms with Crippen LogP contribution in [0.3, 0.4) is 0 Å². The standard InChI is InChI=1S/C19H28N2O4Si/c1-19(2,3)25-17(22)15-12-16(26(4,5)6)20-21(15)18(23)24-13-14-10-8-7-9-11-14/h7-11,15H,12-13H2,1-6H3/t15-/m0/s1. The Kier molecular flexibility index (Phi) is 5.90. The second-order valence-electron chi connectivity index (χ2n) is 8.43. The lowest BCUT2D eigenvalue weighted by Crippen LogP contribution is -2.43. The van der Waals surface area contributed by atoms with Gasteiger partial charge in [-0.1, -0.05) is 50.0 Å². The second-order valence-corrected chi connectivity index (χ2v) is 13.5. The van der Waals surface area contributed by atoms with Gasteiger partial charge in [0.25, 0.3) is 0 Å². The third kappa shape index (κ3) is 5.42. The smallest absolute Gasteiger partial charge is 0.431 e. The third-order valence-electron chi connectivity index (χ3n) is 3.85. The van der Waals surface area contributed by atoms with E-state index in [0.29, 0.717) is 6.42 Å². The summed E-state index contributed by atoms with van der Waals surface area (Å²) in [6.07, 6.45) is -0.219. The Morgan fingerprint density at radius 3 is 2.35 bits per heavy atom. The first-order valence-electron chi connectivity index (χ1n) is 8.78. The van der Waals surface area contributed by atoms with Crippen LogP contribution in [0.25, 0.3) is 0 Å². The minimum Gasteiger partial charge on any atom is -0.458 e. The maximum absolute atomic E-state index is 12.6. The quantitative estimate of drug-likeness (QED) is 0.589. The first-order valence-corrected chi connectivity index (χ1v) is 12.3. The predicted molar refractivity (Wildman–Crippen MR) is 103 cm³/mol. The van der Waals surface area contributed by atoms with E-state index in [2.05, 4.69) is 24.7 Å². The van der Waals surface area contributed by atoms with Crippen molar-refractivity contribution in [2.24, 2.45) is 5.10 Å². The molecule has 1 atom stereocenters. The molecule has 1 aromatic rings. The molecule has 0 radical (unpaired) electrons. The first kappa shape index (κ1) is 20.2. The zero-order valence-electron chi connectivity index (χ0n) is 16.4. The van der Waals surface area contributed by atoms with Crippen molar-refractivity contribution in [3.63, 3.8) is 0 Å². The van der Waals surface area contributed by atoms with Crippen molar-refractivity contribution in [1.29, 1.82) is 0 Å². The molecule has 1 amide bonds. The molecule has 1 heterocycles. The minimum absolute atomic E-state index is 0.134. The second kappa shape index (κ2) is 7.61. The average molecular weight is 377 g/mol. The fraction of sp³-hybridized carbons (Fsp3) is 0.526. The van der Waals surface area contributed by atoms with Crippen molar-refractivity contribution in [1.82, 2.24) is 5.01 Å². The Hall–Kier alpha value is -2.15. The van der Waals surface area contributed by atoms with Crippen LogP contribution in [0, 0.1) is 0 Å². The number of hydrogen-bond donors (Lipinski definition) is 0. The number of hydrazone groups is 1. The van der Waals surface area contributed by atoms with E-state index in [0.717, 1.165) is 15.9 Å². The van der Waals surface area contributed by atoms with E-state index < -0.39 is 31.8 Å². The summed E-state index contributed by atoms with van der Waals surface area (Å²) >= 11 is 0. The molecule has 142 valence electrons. The molecule has 1 aromatic carbocycles. The Morgan fingerprint density at radius 1 is 1.19 bits per heavy atom. The van der Waals surface area contributed by atoms with Gasteiger partial charge in [-0.25, -0.2) is 9.59 Å². The topological polar surface area (TPSA) is 68.2 Å². The van der Waals surface area contributed by atoms with Crippen LogP contribution in [0.2, 0.25) is 19.6 Å². The molecule has 0 saturated carbocycles. The molecule has 0 aliphatic carbocycles. The summed E-state index contributed by atoms with van der Waals surface area (Å²) in [7, 11) is -1.75. The number of rotatable bonds is 4. The van der Waals surface area contributed by atoms with E-state index in [9.17, 15) is 9.59 Å². The normalized spacial score (nSPS) is 17.7. The fourth-order valence-electron chi connectivity index (χ4n) is 2.47. The minimum atomic E-state index is -1.75. The van der Waals surface area contributed by atoms with Crippen LogP contribution < -0.4 is 0 Å². The lowest BCUT2D eigenvalue weighted by molar-refractivity contribution is -0.160. The molecule has 2 rings (SSSR count). The van der Waals surface area contributed by atoms with Crippen LogP contribution in [0.15, 0.2) is 35.4 Å². The van der Waals surface area contributed by atoms with Gasteiger partial charge in [0.1, 0.15) is 12.2 Å². The number of ether oxygens (including phenoxy) is 2. The van der Waals surface area contributed by atoms with Gasteiger partial charge in [0.2, 0.25) is 0 Å². The van der Waals surface area contributed by atoms with Crippen LogP contribution >= 0.6 is 0 Å². The molecule has 0 unspecified atom stereocenters. The zero-order chi connectivity index (χ0) is 19.5. The van der Waals surface area contributed by atoms with Gasteiger partial charge in [-0.2, -0.15) is 10.1 Å². The SMILES string of the molecule is CC(C)(C)OC(=O)[C@@H]1CC([Si](C)(C)C)=NN1C(=O)OCc1ccccc1. The van der Waals surface area contributed by atoms with Gasteiger partial charge in [0.15, 0.2) is 6.04 Å². The molecule has 6 nitrogen and oxygen atoms in total. The van der Waals surface area contributed by atoms with Crippen LogP contribution in [-0.4, -0.2) is 42.1 Å². The van der Waals surface area contributed by atoms with Gasteiger partial charge in [0, 0.05) is 11.8 Å². The molecule has 1 aliphatic heterocycles. The molecular weight excluding hydrogens is 348 g/mol. The van der Waals surface area contributed by atoms with Gasteiger partial charge in [-0.3, -0.25) is 0 Å². The number of carbonyl (C=O) groups excluding carboxylic acids is 2. The van der Waals surface area contributed by atoms with Gasteiger partial charge in [-0.05, 0) is 26.3 Å². The van der Waals surface area contributed by atoms with E-state index in [1.165, 1.54) is 0 Å². The molecule has 0 bridgehead atoms. The Balaban J connectivity index is 2.14. The molecule has 0 spiro atoms. The van der Waals surface area contributed by atoms with Crippen molar-refractivity contribution >= 4 is 25.5 Å². The number of nitrogens with zero attached hydrogens (tertiary/aromatic N) is 2.